The van der Waals surface area contributed by atoms with Crippen molar-refractivity contribution in [3.05, 3.63) is 64.6 Å². The molecule has 3 heterocycles. The number of benzene rings is 2. The maximum atomic E-state index is 13.2. The van der Waals surface area contributed by atoms with Gasteiger partial charge in [-0.05, 0) is 66.6 Å². The number of nitrogens with two attached hydrogens (primary N) is 1. The van der Waals surface area contributed by atoms with Crippen molar-refractivity contribution in [2.75, 3.05) is 27.3 Å². The summed E-state index contributed by atoms with van der Waals surface area (Å²) in [7, 11) is 3.28. The standard InChI is InChI=1S/C28H32N4O3S/c1-28(29,17-21-5-4-14-36-21)27(33)32-12-10-18(11-13-32)26-30-22-8-6-19(15-23(22)31-26)20-7-9-24(34-2)25(16-20)35-3/h4-9,14-16,18H,10-13,17,29H2,1-3H3,(H,30,31)/t28-/m1/s1. The van der Waals surface area contributed by atoms with E-state index in [-0.39, 0.29) is 11.8 Å². The fourth-order valence-corrected chi connectivity index (χ4v) is 5.86. The number of hydrogen-bond acceptors (Lipinski definition) is 6. The predicted octanol–water partition coefficient (Wildman–Crippen LogP) is 4.97. The van der Waals surface area contributed by atoms with Gasteiger partial charge in [0.05, 0.1) is 30.8 Å². The molecular formula is C28H32N4O3S. The Morgan fingerprint density at radius 2 is 1.83 bits per heavy atom. The van der Waals surface area contributed by atoms with Crippen LogP contribution < -0.4 is 15.2 Å². The Hall–Kier alpha value is -3.36. The van der Waals surface area contributed by atoms with Crippen LogP contribution in [0.3, 0.4) is 0 Å². The maximum Gasteiger partial charge on any atom is 0.242 e. The minimum atomic E-state index is -0.891. The van der Waals surface area contributed by atoms with E-state index in [1.54, 1.807) is 25.6 Å². The van der Waals surface area contributed by atoms with Crippen LogP contribution in [-0.2, 0) is 11.2 Å². The first kappa shape index (κ1) is 24.3. The van der Waals surface area contributed by atoms with Gasteiger partial charge in [-0.3, -0.25) is 4.79 Å². The number of rotatable bonds is 7. The van der Waals surface area contributed by atoms with Crippen molar-refractivity contribution in [1.29, 1.82) is 0 Å². The van der Waals surface area contributed by atoms with E-state index in [2.05, 4.69) is 17.1 Å². The van der Waals surface area contributed by atoms with Crippen LogP contribution in [0, 0.1) is 0 Å². The summed E-state index contributed by atoms with van der Waals surface area (Å²) in [5, 5.41) is 2.02. The molecule has 5 rings (SSSR count). The number of amides is 1. The molecule has 0 aliphatic carbocycles. The quantitative estimate of drug-likeness (QED) is 0.370. The molecule has 1 aliphatic heterocycles. The predicted molar refractivity (Wildman–Crippen MR) is 144 cm³/mol. The Morgan fingerprint density at radius 3 is 2.53 bits per heavy atom. The van der Waals surface area contributed by atoms with Crippen molar-refractivity contribution in [2.24, 2.45) is 5.73 Å². The molecule has 0 bridgehead atoms. The van der Waals surface area contributed by atoms with Gasteiger partial charge >= 0.3 is 0 Å². The van der Waals surface area contributed by atoms with E-state index in [1.165, 1.54) is 0 Å². The molecule has 0 saturated carbocycles. The highest BCUT2D eigenvalue weighted by atomic mass is 32.1. The highest BCUT2D eigenvalue weighted by Crippen LogP contribution is 2.34. The summed E-state index contributed by atoms with van der Waals surface area (Å²) in [6, 6.07) is 16.2. The molecular weight excluding hydrogens is 472 g/mol. The molecule has 3 N–H and O–H groups in total. The van der Waals surface area contributed by atoms with E-state index in [1.807, 2.05) is 53.6 Å². The molecule has 1 aliphatic rings. The SMILES string of the molecule is COc1ccc(-c2ccc3nc(C4CCN(C(=O)[C@](C)(N)Cc5cccs5)CC4)[nH]c3c2)cc1OC. The summed E-state index contributed by atoms with van der Waals surface area (Å²) >= 11 is 1.64. The summed E-state index contributed by atoms with van der Waals surface area (Å²) in [6.45, 7) is 3.22. The Kier molecular flexibility index (Phi) is 6.73. The molecule has 1 amide bonds. The lowest BCUT2D eigenvalue weighted by molar-refractivity contribution is -0.137. The zero-order chi connectivity index (χ0) is 25.3. The van der Waals surface area contributed by atoms with Crippen molar-refractivity contribution in [3.8, 4) is 22.6 Å². The highest BCUT2D eigenvalue weighted by molar-refractivity contribution is 7.09. The summed E-state index contributed by atoms with van der Waals surface area (Å²) in [6.07, 6.45) is 2.29. The van der Waals surface area contributed by atoms with Crippen molar-refractivity contribution >= 4 is 28.3 Å². The lowest BCUT2D eigenvalue weighted by atomic mass is 9.92. The first-order valence-corrected chi connectivity index (χ1v) is 13.1. The van der Waals surface area contributed by atoms with Gasteiger partial charge in [0.15, 0.2) is 11.5 Å². The normalized spacial score (nSPS) is 16.2. The van der Waals surface area contributed by atoms with Gasteiger partial charge < -0.3 is 25.1 Å². The molecule has 1 fully saturated rings. The second-order valence-corrected chi connectivity index (χ2v) is 10.7. The van der Waals surface area contributed by atoms with Crippen molar-refractivity contribution in [2.45, 2.75) is 37.6 Å². The molecule has 2 aromatic carbocycles. The fraction of sp³-hybridized carbons (Fsp3) is 0.357. The van der Waals surface area contributed by atoms with Gasteiger partial charge in [0.1, 0.15) is 5.82 Å². The van der Waals surface area contributed by atoms with Gasteiger partial charge in [-0.15, -0.1) is 11.3 Å². The zero-order valence-corrected chi connectivity index (χ0v) is 21.7. The number of H-pyrrole nitrogens is 1. The third-order valence-corrected chi connectivity index (χ3v) is 7.87. The van der Waals surface area contributed by atoms with Crippen LogP contribution in [0.4, 0.5) is 0 Å². The molecule has 0 radical (unpaired) electrons. The minimum absolute atomic E-state index is 0.0264. The Morgan fingerprint density at radius 1 is 1.11 bits per heavy atom. The first-order chi connectivity index (χ1) is 17.4. The summed E-state index contributed by atoms with van der Waals surface area (Å²) < 4.78 is 10.8. The number of carbonyl (C=O) groups excluding carboxylic acids is 1. The van der Waals surface area contributed by atoms with Crippen molar-refractivity contribution in [1.82, 2.24) is 14.9 Å². The number of fused-ring (bicyclic) bond motifs is 1. The van der Waals surface area contributed by atoms with Gasteiger partial charge in [0.25, 0.3) is 0 Å². The number of methoxy groups -OCH3 is 2. The summed E-state index contributed by atoms with van der Waals surface area (Å²) in [5.74, 6) is 2.70. The van der Waals surface area contributed by atoms with Crippen LogP contribution in [0.5, 0.6) is 11.5 Å². The van der Waals surface area contributed by atoms with Crippen molar-refractivity contribution in [3.63, 3.8) is 0 Å². The number of ether oxygens (including phenoxy) is 2. The monoisotopic (exact) mass is 504 g/mol. The molecule has 1 atom stereocenters. The fourth-order valence-electron chi connectivity index (χ4n) is 4.99. The Labute approximate surface area is 215 Å². The van der Waals surface area contributed by atoms with E-state index in [0.29, 0.717) is 31.0 Å². The van der Waals surface area contributed by atoms with E-state index < -0.39 is 5.54 Å². The van der Waals surface area contributed by atoms with E-state index in [9.17, 15) is 4.79 Å². The van der Waals surface area contributed by atoms with Gasteiger partial charge in [0, 0.05) is 30.3 Å². The average Bonchev–Trinajstić information content (AvgIpc) is 3.57. The van der Waals surface area contributed by atoms with Gasteiger partial charge in [-0.1, -0.05) is 18.2 Å². The van der Waals surface area contributed by atoms with Crippen LogP contribution in [0.15, 0.2) is 53.9 Å². The second-order valence-electron chi connectivity index (χ2n) is 9.66. The Balaban J connectivity index is 1.27. The lowest BCUT2D eigenvalue weighted by Crippen LogP contribution is -2.56. The largest absolute Gasteiger partial charge is 0.493 e. The number of thiophene rings is 1. The smallest absolute Gasteiger partial charge is 0.242 e. The van der Waals surface area contributed by atoms with Crippen LogP contribution in [0.25, 0.3) is 22.2 Å². The molecule has 2 aromatic heterocycles. The number of imidazole rings is 1. The molecule has 0 unspecified atom stereocenters. The third-order valence-electron chi connectivity index (χ3n) is 7.00. The van der Waals surface area contributed by atoms with Gasteiger partial charge in [0.2, 0.25) is 5.91 Å². The van der Waals surface area contributed by atoms with Gasteiger partial charge in [-0.2, -0.15) is 0 Å². The molecule has 36 heavy (non-hydrogen) atoms. The third kappa shape index (κ3) is 4.83. The number of nitrogens with one attached hydrogen (secondary N) is 1. The van der Waals surface area contributed by atoms with Crippen molar-refractivity contribution < 1.29 is 14.3 Å². The van der Waals surface area contributed by atoms with Gasteiger partial charge in [-0.25, -0.2) is 4.98 Å². The minimum Gasteiger partial charge on any atom is -0.493 e. The Bertz CT molecular complexity index is 1350. The molecule has 1 saturated heterocycles. The zero-order valence-electron chi connectivity index (χ0n) is 20.9. The molecule has 7 nitrogen and oxygen atoms in total. The maximum absolute atomic E-state index is 13.2. The van der Waals surface area contributed by atoms with Crippen LogP contribution in [0.1, 0.15) is 36.4 Å². The van der Waals surface area contributed by atoms with Crippen LogP contribution in [0.2, 0.25) is 0 Å². The summed E-state index contributed by atoms with van der Waals surface area (Å²) in [4.78, 5) is 24.6. The lowest BCUT2D eigenvalue weighted by Gasteiger charge is -2.36. The number of hydrogen-bond donors (Lipinski definition) is 2. The highest BCUT2D eigenvalue weighted by Gasteiger charge is 2.35. The van der Waals surface area contributed by atoms with E-state index in [4.69, 9.17) is 20.2 Å². The molecule has 188 valence electrons. The topological polar surface area (TPSA) is 93.5 Å². The number of piperidine rings is 1. The number of nitrogens with zero attached hydrogens (tertiary/aromatic N) is 2. The summed E-state index contributed by atoms with van der Waals surface area (Å²) in [5.41, 5.74) is 9.63. The number of carbonyl (C=O) groups is 1. The molecule has 4 aromatic rings. The van der Waals surface area contributed by atoms with Crippen LogP contribution in [-0.4, -0.2) is 53.6 Å². The number of likely N-dealkylation sites (tertiary alicyclic amines) is 1. The average molecular weight is 505 g/mol. The second kappa shape index (κ2) is 9.95. The number of aromatic amines is 1. The molecule has 8 heteroatoms. The van der Waals surface area contributed by atoms with E-state index >= 15 is 0 Å². The number of aromatic nitrogens is 2. The molecule has 0 spiro atoms. The van der Waals surface area contributed by atoms with E-state index in [0.717, 1.165) is 45.7 Å². The van der Waals surface area contributed by atoms with Crippen LogP contribution >= 0.6 is 11.3 Å². The first-order valence-electron chi connectivity index (χ1n) is 12.2.